The standard InChI is InChI=1S/C23H21F2N7O.3H2S/c24-21(25)18-12-20(32-23(29-18)26-13-28-32)17-8-6-16-7-9-19(17)31(16)22(33)14-2-4-15(5-3-14)30-11-1-10-27-30;;;/h1-5,10-13,16-17,19,21H,6-9H2;3*1H2/t16-,17-,19-;;;/m0.../s1. The average Bonchev–Trinajstić information content (AvgIpc) is 3.58. The fraction of sp³-hybridized carbons (Fsp3) is 0.348. The molecule has 0 aliphatic carbocycles. The van der Waals surface area contributed by atoms with Crippen LogP contribution in [0.25, 0.3) is 11.5 Å². The number of alkyl halides is 2. The van der Waals surface area contributed by atoms with Crippen molar-refractivity contribution in [1.82, 2.24) is 34.3 Å². The lowest BCUT2D eigenvalue weighted by molar-refractivity contribution is 0.0554. The molecule has 2 aliphatic heterocycles. The summed E-state index contributed by atoms with van der Waals surface area (Å²) in [6.07, 6.45) is 5.54. The van der Waals surface area contributed by atoms with Crippen molar-refractivity contribution in [2.45, 2.75) is 50.1 Å². The molecule has 3 aromatic heterocycles. The van der Waals surface area contributed by atoms with Crippen molar-refractivity contribution in [3.05, 3.63) is 72.1 Å². The molecule has 4 aromatic rings. The van der Waals surface area contributed by atoms with Gasteiger partial charge in [0.05, 0.1) is 11.4 Å². The van der Waals surface area contributed by atoms with E-state index in [1.54, 1.807) is 10.9 Å². The molecule has 6 rings (SSSR count). The molecule has 0 saturated carbocycles. The number of rotatable bonds is 4. The van der Waals surface area contributed by atoms with Crippen molar-refractivity contribution >= 4 is 52.2 Å². The van der Waals surface area contributed by atoms with Crippen molar-refractivity contribution in [3.8, 4) is 5.69 Å². The minimum Gasteiger partial charge on any atom is -0.332 e. The number of halogens is 2. The van der Waals surface area contributed by atoms with Crippen LogP contribution in [-0.4, -0.2) is 52.3 Å². The van der Waals surface area contributed by atoms with Crippen LogP contribution in [0.5, 0.6) is 0 Å². The largest absolute Gasteiger partial charge is 0.332 e. The molecule has 8 nitrogen and oxygen atoms in total. The van der Waals surface area contributed by atoms with E-state index in [1.165, 1.54) is 16.9 Å². The van der Waals surface area contributed by atoms with E-state index >= 15 is 0 Å². The number of carbonyl (C=O) groups excluding carboxylic acids is 1. The van der Waals surface area contributed by atoms with Gasteiger partial charge in [-0.1, -0.05) is 0 Å². The van der Waals surface area contributed by atoms with Gasteiger partial charge in [-0.3, -0.25) is 4.79 Å². The van der Waals surface area contributed by atoms with E-state index in [1.807, 2.05) is 41.4 Å². The number of amides is 1. The highest BCUT2D eigenvalue weighted by Crippen LogP contribution is 2.45. The van der Waals surface area contributed by atoms with Crippen molar-refractivity contribution in [2.75, 3.05) is 0 Å². The summed E-state index contributed by atoms with van der Waals surface area (Å²) < 4.78 is 30.3. The molecule has 13 heteroatoms. The van der Waals surface area contributed by atoms with Crippen LogP contribution in [0.2, 0.25) is 0 Å². The van der Waals surface area contributed by atoms with Crippen LogP contribution in [-0.2, 0) is 0 Å². The third-order valence-corrected chi connectivity index (χ3v) is 6.84. The summed E-state index contributed by atoms with van der Waals surface area (Å²) in [5.41, 5.74) is 1.82. The molecule has 3 atom stereocenters. The predicted octanol–water partition coefficient (Wildman–Crippen LogP) is 4.14. The SMILES string of the molecule is O=C(c1ccc(-n2cccn2)cc1)N1[C@H]2CC[C@H](c3cc(C(F)F)nc4ncnn34)[C@@H]1CC2.S.S.S. The predicted molar refractivity (Wildman–Crippen MR) is 145 cm³/mol. The first-order valence-electron chi connectivity index (χ1n) is 11.0. The summed E-state index contributed by atoms with van der Waals surface area (Å²) in [6, 6.07) is 10.7. The minimum atomic E-state index is -2.70. The number of carbonyl (C=O) groups is 1. The molecule has 5 heterocycles. The Hall–Kier alpha value is -2.64. The van der Waals surface area contributed by atoms with Gasteiger partial charge in [-0.15, -0.1) is 0 Å². The highest BCUT2D eigenvalue weighted by atomic mass is 32.1. The molecule has 2 bridgehead atoms. The lowest BCUT2D eigenvalue weighted by Gasteiger charge is -2.40. The van der Waals surface area contributed by atoms with E-state index in [2.05, 4.69) is 20.2 Å². The maximum Gasteiger partial charge on any atom is 0.280 e. The normalized spacial score (nSPS) is 20.5. The maximum atomic E-state index is 13.6. The molecule has 2 saturated heterocycles. The lowest BCUT2D eigenvalue weighted by atomic mass is 9.86. The Morgan fingerprint density at radius 2 is 1.75 bits per heavy atom. The number of hydrogen-bond donors (Lipinski definition) is 0. The molecule has 36 heavy (non-hydrogen) atoms. The zero-order chi connectivity index (χ0) is 22.5. The van der Waals surface area contributed by atoms with Crippen LogP contribution in [0, 0.1) is 0 Å². The van der Waals surface area contributed by atoms with Gasteiger partial charge in [0.2, 0.25) is 0 Å². The molecule has 0 N–H and O–H groups in total. The highest BCUT2D eigenvalue weighted by Gasteiger charge is 2.46. The van der Waals surface area contributed by atoms with Crippen molar-refractivity contribution in [3.63, 3.8) is 0 Å². The number of hydrogen-bond acceptors (Lipinski definition) is 5. The van der Waals surface area contributed by atoms with Gasteiger partial charge in [-0.2, -0.15) is 55.7 Å². The van der Waals surface area contributed by atoms with Crippen LogP contribution in [0.1, 0.15) is 59.8 Å². The topological polar surface area (TPSA) is 81.2 Å². The lowest BCUT2D eigenvalue weighted by Crippen LogP contribution is -2.47. The van der Waals surface area contributed by atoms with Crippen molar-refractivity contribution in [1.29, 1.82) is 0 Å². The van der Waals surface area contributed by atoms with Crippen LogP contribution < -0.4 is 0 Å². The summed E-state index contributed by atoms with van der Waals surface area (Å²) in [7, 11) is 0. The molecule has 0 radical (unpaired) electrons. The summed E-state index contributed by atoms with van der Waals surface area (Å²) in [4.78, 5) is 23.5. The minimum absolute atomic E-state index is 0. The first-order chi connectivity index (χ1) is 16.1. The molecule has 0 unspecified atom stereocenters. The number of nitrogens with zero attached hydrogens (tertiary/aromatic N) is 7. The van der Waals surface area contributed by atoms with E-state index in [0.717, 1.165) is 31.4 Å². The van der Waals surface area contributed by atoms with Gasteiger partial charge in [0.1, 0.15) is 12.0 Å². The Labute approximate surface area is 227 Å². The zero-order valence-electron chi connectivity index (χ0n) is 19.1. The second-order valence-corrected chi connectivity index (χ2v) is 8.57. The van der Waals surface area contributed by atoms with Gasteiger partial charge >= 0.3 is 0 Å². The second kappa shape index (κ2) is 11.2. The van der Waals surface area contributed by atoms with Crippen LogP contribution in [0.4, 0.5) is 8.78 Å². The Morgan fingerprint density at radius 1 is 1.00 bits per heavy atom. The van der Waals surface area contributed by atoms with Gasteiger partial charge in [-0.25, -0.2) is 23.0 Å². The third-order valence-electron chi connectivity index (χ3n) is 6.84. The fourth-order valence-corrected chi connectivity index (χ4v) is 5.37. The summed E-state index contributed by atoms with van der Waals surface area (Å²) in [5, 5.41) is 8.44. The highest BCUT2D eigenvalue weighted by molar-refractivity contribution is 7.59. The average molecular weight is 552 g/mol. The molecule has 0 spiro atoms. The van der Waals surface area contributed by atoms with E-state index < -0.39 is 6.43 Å². The molecule has 1 amide bonds. The van der Waals surface area contributed by atoms with Gasteiger partial charge < -0.3 is 4.90 Å². The van der Waals surface area contributed by atoms with Crippen LogP contribution in [0.15, 0.2) is 55.1 Å². The van der Waals surface area contributed by atoms with Crippen LogP contribution in [0.3, 0.4) is 0 Å². The van der Waals surface area contributed by atoms with Crippen LogP contribution >= 0.6 is 40.5 Å². The first-order valence-corrected chi connectivity index (χ1v) is 11.0. The summed E-state index contributed by atoms with van der Waals surface area (Å²) >= 11 is 0. The van der Waals surface area contributed by atoms with Gasteiger partial charge in [0, 0.05) is 36.0 Å². The van der Waals surface area contributed by atoms with E-state index in [4.69, 9.17) is 0 Å². The van der Waals surface area contributed by atoms with Crippen molar-refractivity contribution in [2.24, 2.45) is 0 Å². The molecular formula is C23H27F2N7OS3. The molecule has 2 fully saturated rings. The Morgan fingerprint density at radius 3 is 2.44 bits per heavy atom. The van der Waals surface area contributed by atoms with Crippen molar-refractivity contribution < 1.29 is 13.6 Å². The fourth-order valence-electron chi connectivity index (χ4n) is 5.37. The second-order valence-electron chi connectivity index (χ2n) is 8.57. The quantitative estimate of drug-likeness (QED) is 0.381. The summed E-state index contributed by atoms with van der Waals surface area (Å²) in [5.74, 6) is 0.0212. The molecule has 192 valence electrons. The Balaban J connectivity index is 0.00000120. The zero-order valence-corrected chi connectivity index (χ0v) is 22.1. The number of fused-ring (bicyclic) bond motifs is 3. The summed E-state index contributed by atoms with van der Waals surface area (Å²) in [6.45, 7) is 0. The van der Waals surface area contributed by atoms with E-state index in [0.29, 0.717) is 11.3 Å². The van der Waals surface area contributed by atoms with Gasteiger partial charge in [0.25, 0.3) is 18.1 Å². The monoisotopic (exact) mass is 551 g/mol. The number of benzene rings is 1. The van der Waals surface area contributed by atoms with E-state index in [9.17, 15) is 13.6 Å². The number of aromatic nitrogens is 6. The molecule has 2 aliphatic rings. The molecule has 1 aromatic carbocycles. The van der Waals surface area contributed by atoms with Gasteiger partial charge in [0.15, 0.2) is 0 Å². The van der Waals surface area contributed by atoms with Gasteiger partial charge in [-0.05, 0) is 62.1 Å². The van der Waals surface area contributed by atoms with E-state index in [-0.39, 0.29) is 75.9 Å². The Kier molecular flexibility index (Phi) is 8.67. The molecular weight excluding hydrogens is 524 g/mol. The Bertz CT molecular complexity index is 1320. The maximum absolute atomic E-state index is 13.6. The first kappa shape index (κ1) is 27.9. The third kappa shape index (κ3) is 4.71. The smallest absolute Gasteiger partial charge is 0.280 e. The number of piperidine rings is 1.